The first-order chi connectivity index (χ1) is 13.0. The molecule has 0 radical (unpaired) electrons. The lowest BCUT2D eigenvalue weighted by atomic mass is 9.94. The number of hydrogen-bond donors (Lipinski definition) is 3. The van der Waals surface area contributed by atoms with Crippen LogP contribution in [0.5, 0.6) is 0 Å². The Labute approximate surface area is 156 Å². The van der Waals surface area contributed by atoms with Gasteiger partial charge in [0.15, 0.2) is 24.7 Å². The summed E-state index contributed by atoms with van der Waals surface area (Å²) < 4.78 is 94.6. The number of carbonyl (C=O) groups is 1. The average Bonchev–Trinajstić information content (AvgIpc) is 2.64. The SMILES string of the molecule is Nc1cc(N)c(CC(F)C(F)C(F)C(F)C(F)C(F)CCCF)c(C(=O)O)c1. The lowest BCUT2D eigenvalue weighted by Gasteiger charge is -2.24. The van der Waals surface area contributed by atoms with Crippen molar-refractivity contribution in [3.05, 3.63) is 23.3 Å². The summed E-state index contributed by atoms with van der Waals surface area (Å²) in [6.45, 7) is -1.00. The van der Waals surface area contributed by atoms with Crippen molar-refractivity contribution >= 4 is 17.3 Å². The molecule has 11 heteroatoms. The molecule has 0 aromatic heterocycles. The van der Waals surface area contributed by atoms with Crippen LogP contribution in [-0.2, 0) is 6.42 Å². The monoisotopic (exact) mass is 418 g/mol. The van der Waals surface area contributed by atoms with E-state index in [1.165, 1.54) is 0 Å². The van der Waals surface area contributed by atoms with E-state index < -0.39 is 80.1 Å². The van der Waals surface area contributed by atoms with Crippen LogP contribution in [0.4, 0.5) is 42.1 Å². The van der Waals surface area contributed by atoms with Gasteiger partial charge in [0, 0.05) is 17.8 Å². The Balaban J connectivity index is 2.90. The highest BCUT2D eigenvalue weighted by atomic mass is 19.2. The Kier molecular flexibility index (Phi) is 8.83. The Bertz CT molecular complexity index is 665. The summed E-state index contributed by atoms with van der Waals surface area (Å²) in [5.41, 5.74) is 9.62. The average molecular weight is 418 g/mol. The molecule has 0 fully saturated rings. The van der Waals surface area contributed by atoms with Gasteiger partial charge in [-0.15, -0.1) is 0 Å². The van der Waals surface area contributed by atoms with E-state index >= 15 is 0 Å². The first kappa shape index (κ1) is 23.8. The van der Waals surface area contributed by atoms with E-state index in [9.17, 15) is 35.5 Å². The molecule has 6 unspecified atom stereocenters. The summed E-state index contributed by atoms with van der Waals surface area (Å²) >= 11 is 0. The summed E-state index contributed by atoms with van der Waals surface area (Å²) in [5, 5.41) is 9.09. The van der Waals surface area contributed by atoms with Crippen molar-refractivity contribution in [2.45, 2.75) is 56.3 Å². The fourth-order valence-corrected chi connectivity index (χ4v) is 2.63. The van der Waals surface area contributed by atoms with Crippen LogP contribution in [0.1, 0.15) is 28.8 Å². The molecule has 4 nitrogen and oxygen atoms in total. The number of benzene rings is 1. The van der Waals surface area contributed by atoms with Crippen LogP contribution in [0, 0.1) is 0 Å². The summed E-state index contributed by atoms with van der Waals surface area (Å²) in [4.78, 5) is 11.2. The second-order valence-corrected chi connectivity index (χ2v) is 6.29. The van der Waals surface area contributed by atoms with Gasteiger partial charge in [0.2, 0.25) is 0 Å². The van der Waals surface area contributed by atoms with Crippen LogP contribution in [0.15, 0.2) is 12.1 Å². The second kappa shape index (κ2) is 10.4. The molecular weight excluding hydrogens is 397 g/mol. The fourth-order valence-electron chi connectivity index (χ4n) is 2.63. The highest BCUT2D eigenvalue weighted by Gasteiger charge is 2.43. The third-order valence-corrected chi connectivity index (χ3v) is 4.15. The number of anilines is 2. The number of carboxylic acid groups (broad SMARTS) is 1. The van der Waals surface area contributed by atoms with Crippen LogP contribution in [0.2, 0.25) is 0 Å². The topological polar surface area (TPSA) is 89.3 Å². The molecule has 1 rings (SSSR count). The number of alkyl halides is 7. The number of carboxylic acids is 1. The van der Waals surface area contributed by atoms with Gasteiger partial charge in [0.25, 0.3) is 0 Å². The zero-order valence-electron chi connectivity index (χ0n) is 14.6. The van der Waals surface area contributed by atoms with Gasteiger partial charge in [0.1, 0.15) is 12.3 Å². The molecule has 5 N–H and O–H groups in total. The van der Waals surface area contributed by atoms with Gasteiger partial charge >= 0.3 is 5.97 Å². The van der Waals surface area contributed by atoms with Crippen molar-refractivity contribution in [3.63, 3.8) is 0 Å². The summed E-state index contributed by atoms with van der Waals surface area (Å²) in [5.74, 6) is -1.56. The zero-order chi connectivity index (χ0) is 21.6. The molecule has 0 amide bonds. The maximum atomic E-state index is 14.2. The van der Waals surface area contributed by atoms with E-state index in [4.69, 9.17) is 16.6 Å². The van der Waals surface area contributed by atoms with E-state index in [1.54, 1.807) is 0 Å². The first-order valence-corrected chi connectivity index (χ1v) is 8.32. The molecule has 0 bridgehead atoms. The minimum absolute atomic E-state index is 0.0689. The van der Waals surface area contributed by atoms with Crippen LogP contribution in [-0.4, -0.2) is 54.8 Å². The first-order valence-electron chi connectivity index (χ1n) is 8.32. The van der Waals surface area contributed by atoms with Crippen LogP contribution in [0.25, 0.3) is 0 Å². The molecule has 0 aliphatic rings. The molecule has 0 aliphatic heterocycles. The van der Waals surface area contributed by atoms with Gasteiger partial charge in [-0.2, -0.15) is 0 Å². The predicted molar refractivity (Wildman–Crippen MR) is 90.5 cm³/mol. The molecule has 0 saturated carbocycles. The van der Waals surface area contributed by atoms with E-state index in [0.717, 1.165) is 12.1 Å². The molecular formula is C17H21F7N2O2. The maximum absolute atomic E-state index is 14.2. The molecule has 6 atom stereocenters. The summed E-state index contributed by atoms with van der Waals surface area (Å²) in [7, 11) is 0. The number of halogens is 7. The van der Waals surface area contributed by atoms with E-state index in [2.05, 4.69) is 0 Å². The predicted octanol–water partition coefficient (Wildman–Crippen LogP) is 3.87. The second-order valence-electron chi connectivity index (χ2n) is 6.29. The lowest BCUT2D eigenvalue weighted by molar-refractivity contribution is -0.0214. The van der Waals surface area contributed by atoms with Crippen molar-refractivity contribution in [2.24, 2.45) is 0 Å². The van der Waals surface area contributed by atoms with E-state index in [1.807, 2.05) is 0 Å². The van der Waals surface area contributed by atoms with Crippen molar-refractivity contribution in [2.75, 3.05) is 18.1 Å². The minimum atomic E-state index is -3.36. The standard InChI is InChI=1S/C17H21F7N2O2/c18-3-1-2-10(19)13(21)15(23)16(24)14(22)11(20)6-8-9(17(27)28)4-7(25)5-12(8)26/h4-5,10-11,13-16H,1-3,6,25-26H2,(H,27,28). The molecule has 0 heterocycles. The van der Waals surface area contributed by atoms with Gasteiger partial charge in [-0.05, 0) is 30.5 Å². The third kappa shape index (κ3) is 5.90. The molecule has 1 aromatic rings. The number of nitrogens with two attached hydrogens (primary N) is 2. The Morgan fingerprint density at radius 1 is 0.929 bits per heavy atom. The number of aromatic carboxylic acids is 1. The number of nitrogen functional groups attached to an aromatic ring is 2. The van der Waals surface area contributed by atoms with Crippen molar-refractivity contribution in [1.29, 1.82) is 0 Å². The molecule has 160 valence electrons. The Morgan fingerprint density at radius 2 is 1.46 bits per heavy atom. The minimum Gasteiger partial charge on any atom is -0.478 e. The zero-order valence-corrected chi connectivity index (χ0v) is 14.6. The fraction of sp³-hybridized carbons (Fsp3) is 0.588. The summed E-state index contributed by atoms with van der Waals surface area (Å²) in [6.07, 6.45) is -20.6. The Hall–Kier alpha value is -2.20. The lowest BCUT2D eigenvalue weighted by Crippen LogP contribution is -2.43. The molecule has 28 heavy (non-hydrogen) atoms. The van der Waals surface area contributed by atoms with Crippen molar-refractivity contribution < 1.29 is 40.6 Å². The largest absolute Gasteiger partial charge is 0.478 e. The highest BCUT2D eigenvalue weighted by Crippen LogP contribution is 2.29. The molecule has 0 aliphatic carbocycles. The Morgan fingerprint density at radius 3 is 1.96 bits per heavy atom. The number of hydrogen-bond acceptors (Lipinski definition) is 3. The van der Waals surface area contributed by atoms with Gasteiger partial charge < -0.3 is 16.6 Å². The smallest absolute Gasteiger partial charge is 0.336 e. The third-order valence-electron chi connectivity index (χ3n) is 4.15. The van der Waals surface area contributed by atoms with Crippen molar-refractivity contribution in [3.8, 4) is 0 Å². The van der Waals surface area contributed by atoms with Crippen molar-refractivity contribution in [1.82, 2.24) is 0 Å². The highest BCUT2D eigenvalue weighted by molar-refractivity contribution is 5.92. The molecule has 0 spiro atoms. The van der Waals surface area contributed by atoms with Crippen LogP contribution >= 0.6 is 0 Å². The number of rotatable bonds is 11. The summed E-state index contributed by atoms with van der Waals surface area (Å²) in [6, 6.07) is 2.00. The molecule has 1 aromatic carbocycles. The van der Waals surface area contributed by atoms with Gasteiger partial charge in [-0.25, -0.2) is 31.1 Å². The quantitative estimate of drug-likeness (QED) is 0.376. The van der Waals surface area contributed by atoms with Gasteiger partial charge in [-0.3, -0.25) is 4.39 Å². The van der Waals surface area contributed by atoms with Gasteiger partial charge in [0.05, 0.1) is 12.2 Å². The van der Waals surface area contributed by atoms with Crippen LogP contribution < -0.4 is 11.5 Å². The normalized spacial score (nSPS) is 18.1. The van der Waals surface area contributed by atoms with E-state index in [0.29, 0.717) is 0 Å². The van der Waals surface area contributed by atoms with Crippen LogP contribution in [0.3, 0.4) is 0 Å². The molecule has 0 saturated heterocycles. The maximum Gasteiger partial charge on any atom is 0.336 e. The van der Waals surface area contributed by atoms with Gasteiger partial charge in [-0.1, -0.05) is 0 Å². The van der Waals surface area contributed by atoms with E-state index in [-0.39, 0.29) is 11.4 Å².